The van der Waals surface area contributed by atoms with Gasteiger partial charge in [-0.25, -0.2) is 9.59 Å². The van der Waals surface area contributed by atoms with Crippen molar-refractivity contribution in [1.29, 1.82) is 0 Å². The summed E-state index contributed by atoms with van der Waals surface area (Å²) in [6.45, 7) is 6.57. The normalized spacial score (nSPS) is 17.4. The van der Waals surface area contributed by atoms with Gasteiger partial charge >= 0.3 is 12.0 Å². The van der Waals surface area contributed by atoms with E-state index in [2.05, 4.69) is 5.32 Å². The molecule has 0 bridgehead atoms. The Kier molecular flexibility index (Phi) is 6.45. The first-order valence-corrected chi connectivity index (χ1v) is 7.71. The highest BCUT2D eigenvalue weighted by atomic mass is 16.5. The molecule has 2 amide bonds. The maximum absolute atomic E-state index is 12.6. The van der Waals surface area contributed by atoms with E-state index < -0.39 is 11.5 Å². The topological polar surface area (TPSA) is 78.9 Å². The van der Waals surface area contributed by atoms with Gasteiger partial charge in [0.1, 0.15) is 5.54 Å². The van der Waals surface area contributed by atoms with Crippen LogP contribution in [-0.4, -0.2) is 53.8 Å². The Labute approximate surface area is 126 Å². The summed E-state index contributed by atoms with van der Waals surface area (Å²) in [5, 5.41) is 12.2. The predicted molar refractivity (Wildman–Crippen MR) is 80.2 cm³/mol. The van der Waals surface area contributed by atoms with Crippen LogP contribution in [0.1, 0.15) is 46.5 Å². The van der Waals surface area contributed by atoms with Crippen LogP contribution >= 0.6 is 0 Å². The second-order valence-electron chi connectivity index (χ2n) is 5.87. The molecule has 0 heterocycles. The van der Waals surface area contributed by atoms with Crippen LogP contribution in [-0.2, 0) is 9.53 Å². The first-order chi connectivity index (χ1) is 9.90. The molecule has 0 aliphatic heterocycles. The van der Waals surface area contributed by atoms with Crippen LogP contribution in [0.25, 0.3) is 0 Å². The lowest BCUT2D eigenvalue weighted by atomic mass is 9.96. The van der Waals surface area contributed by atoms with Crippen molar-refractivity contribution >= 4 is 12.0 Å². The van der Waals surface area contributed by atoms with Crippen LogP contribution in [0.4, 0.5) is 4.79 Å². The maximum atomic E-state index is 12.6. The smallest absolute Gasteiger partial charge is 0.329 e. The van der Waals surface area contributed by atoms with Crippen molar-refractivity contribution in [2.24, 2.45) is 5.92 Å². The Morgan fingerprint density at radius 1 is 1.38 bits per heavy atom. The lowest BCUT2D eigenvalue weighted by Crippen LogP contribution is -2.59. The summed E-state index contributed by atoms with van der Waals surface area (Å²) >= 11 is 0. The molecule has 0 radical (unpaired) electrons. The third kappa shape index (κ3) is 4.33. The number of rotatable bonds is 9. The molecule has 6 heteroatoms. The zero-order valence-corrected chi connectivity index (χ0v) is 13.5. The Morgan fingerprint density at radius 2 is 1.95 bits per heavy atom. The van der Waals surface area contributed by atoms with Crippen LogP contribution in [0.3, 0.4) is 0 Å². The van der Waals surface area contributed by atoms with E-state index in [4.69, 9.17) is 4.74 Å². The average Bonchev–Trinajstić information content (AvgIpc) is 3.27. The Morgan fingerprint density at radius 3 is 2.33 bits per heavy atom. The Balaban J connectivity index is 2.81. The number of hydrogen-bond donors (Lipinski definition) is 2. The molecule has 1 aliphatic carbocycles. The van der Waals surface area contributed by atoms with Crippen molar-refractivity contribution in [3.8, 4) is 0 Å². The molecule has 122 valence electrons. The first kappa shape index (κ1) is 17.8. The molecule has 21 heavy (non-hydrogen) atoms. The summed E-state index contributed by atoms with van der Waals surface area (Å²) in [6, 6.07) is -0.213. The van der Waals surface area contributed by atoms with E-state index in [1.54, 1.807) is 18.9 Å². The number of nitrogens with zero attached hydrogens (tertiary/aromatic N) is 1. The summed E-state index contributed by atoms with van der Waals surface area (Å²) in [6.07, 6.45) is 3.37. The minimum absolute atomic E-state index is 0.0323. The van der Waals surface area contributed by atoms with Crippen molar-refractivity contribution in [2.45, 2.75) is 58.0 Å². The molecule has 0 aromatic carbocycles. The summed E-state index contributed by atoms with van der Waals surface area (Å²) < 4.78 is 5.06. The quantitative estimate of drug-likeness (QED) is 0.683. The van der Waals surface area contributed by atoms with Crippen molar-refractivity contribution in [1.82, 2.24) is 10.2 Å². The van der Waals surface area contributed by atoms with Gasteiger partial charge in [-0.2, -0.15) is 0 Å². The van der Waals surface area contributed by atoms with Gasteiger partial charge in [0.2, 0.25) is 0 Å². The standard InChI is InChI=1S/C15H28N2O4/c1-5-12(6-2)17(9-10-21-4)14(20)16-15(3,13(18)19)11-7-8-11/h11-12H,5-10H2,1-4H3,(H,16,20)(H,18,19). The first-order valence-electron chi connectivity index (χ1n) is 7.71. The largest absolute Gasteiger partial charge is 0.480 e. The van der Waals surface area contributed by atoms with Gasteiger partial charge in [-0.15, -0.1) is 0 Å². The number of urea groups is 1. The minimum atomic E-state index is -1.17. The molecular weight excluding hydrogens is 272 g/mol. The van der Waals surface area contributed by atoms with Gasteiger partial charge < -0.3 is 20.1 Å². The molecule has 1 unspecified atom stereocenters. The van der Waals surface area contributed by atoms with Crippen LogP contribution < -0.4 is 5.32 Å². The summed E-state index contributed by atoms with van der Waals surface area (Å²) in [5.74, 6) is -0.931. The van der Waals surface area contributed by atoms with Crippen LogP contribution in [0, 0.1) is 5.92 Å². The number of carbonyl (C=O) groups is 2. The van der Waals surface area contributed by atoms with Crippen molar-refractivity contribution in [3.63, 3.8) is 0 Å². The second-order valence-corrected chi connectivity index (χ2v) is 5.87. The molecule has 1 rings (SSSR count). The lowest BCUT2D eigenvalue weighted by molar-refractivity contribution is -0.144. The van der Waals surface area contributed by atoms with Crippen LogP contribution in [0.15, 0.2) is 0 Å². The van der Waals surface area contributed by atoms with E-state index in [0.717, 1.165) is 25.7 Å². The minimum Gasteiger partial charge on any atom is -0.480 e. The number of nitrogens with one attached hydrogen (secondary N) is 1. The average molecular weight is 300 g/mol. The summed E-state index contributed by atoms with van der Waals surface area (Å²) in [4.78, 5) is 25.8. The van der Waals surface area contributed by atoms with E-state index in [1.165, 1.54) is 0 Å². The fraction of sp³-hybridized carbons (Fsp3) is 0.867. The molecule has 2 N–H and O–H groups in total. The van der Waals surface area contributed by atoms with Gasteiger partial charge in [-0.05, 0) is 38.5 Å². The van der Waals surface area contributed by atoms with Gasteiger partial charge in [0.25, 0.3) is 0 Å². The molecule has 1 fully saturated rings. The molecule has 1 saturated carbocycles. The van der Waals surface area contributed by atoms with Crippen molar-refractivity contribution in [3.05, 3.63) is 0 Å². The maximum Gasteiger partial charge on any atom is 0.329 e. The highest BCUT2D eigenvalue weighted by molar-refractivity contribution is 5.86. The molecule has 0 aromatic rings. The summed E-state index contributed by atoms with van der Waals surface area (Å²) in [5.41, 5.74) is -1.17. The molecular formula is C15H28N2O4. The van der Waals surface area contributed by atoms with Crippen molar-refractivity contribution < 1.29 is 19.4 Å². The van der Waals surface area contributed by atoms with E-state index in [9.17, 15) is 14.7 Å². The Hall–Kier alpha value is -1.30. The third-order valence-corrected chi connectivity index (χ3v) is 4.39. The van der Waals surface area contributed by atoms with Gasteiger partial charge in [0.05, 0.1) is 6.61 Å². The Bertz CT molecular complexity index is 367. The number of hydrogen-bond acceptors (Lipinski definition) is 3. The molecule has 1 aliphatic rings. The van der Waals surface area contributed by atoms with Gasteiger partial charge in [-0.1, -0.05) is 13.8 Å². The number of amides is 2. The highest BCUT2D eigenvalue weighted by Gasteiger charge is 2.49. The second kappa shape index (κ2) is 7.64. The summed E-state index contributed by atoms with van der Waals surface area (Å²) in [7, 11) is 1.59. The fourth-order valence-corrected chi connectivity index (χ4v) is 2.65. The number of carboxylic acid groups (broad SMARTS) is 1. The van der Waals surface area contributed by atoms with E-state index in [-0.39, 0.29) is 18.0 Å². The highest BCUT2D eigenvalue weighted by Crippen LogP contribution is 2.39. The zero-order valence-electron chi connectivity index (χ0n) is 13.5. The van der Waals surface area contributed by atoms with E-state index in [1.807, 2.05) is 13.8 Å². The van der Waals surface area contributed by atoms with Gasteiger partial charge in [-0.3, -0.25) is 0 Å². The number of carbonyl (C=O) groups excluding carboxylic acids is 1. The van der Waals surface area contributed by atoms with Gasteiger partial charge in [0.15, 0.2) is 0 Å². The molecule has 0 saturated heterocycles. The van der Waals surface area contributed by atoms with E-state index >= 15 is 0 Å². The number of ether oxygens (including phenoxy) is 1. The van der Waals surface area contributed by atoms with E-state index in [0.29, 0.717) is 13.2 Å². The van der Waals surface area contributed by atoms with Crippen LogP contribution in [0.2, 0.25) is 0 Å². The lowest BCUT2D eigenvalue weighted by Gasteiger charge is -2.34. The SMILES string of the molecule is CCC(CC)N(CCOC)C(=O)NC(C)(C(=O)O)C1CC1. The molecule has 1 atom stereocenters. The van der Waals surface area contributed by atoms with Gasteiger partial charge in [0, 0.05) is 19.7 Å². The number of carboxylic acids is 1. The molecule has 0 spiro atoms. The number of aliphatic carboxylic acids is 1. The third-order valence-electron chi connectivity index (χ3n) is 4.39. The molecule has 6 nitrogen and oxygen atoms in total. The number of methoxy groups -OCH3 is 1. The predicted octanol–water partition coefficient (Wildman–Crippen LogP) is 2.09. The molecule has 0 aromatic heterocycles. The zero-order chi connectivity index (χ0) is 16.0. The van der Waals surface area contributed by atoms with Crippen molar-refractivity contribution in [2.75, 3.05) is 20.3 Å². The fourth-order valence-electron chi connectivity index (χ4n) is 2.65. The van der Waals surface area contributed by atoms with Crippen LogP contribution in [0.5, 0.6) is 0 Å². The monoisotopic (exact) mass is 300 g/mol.